The summed E-state index contributed by atoms with van der Waals surface area (Å²) in [5.74, 6) is 0.770. The Morgan fingerprint density at radius 3 is 2.70 bits per heavy atom. The number of rotatable bonds is 6. The van der Waals surface area contributed by atoms with E-state index in [2.05, 4.69) is 10.1 Å². The van der Waals surface area contributed by atoms with Crippen LogP contribution in [-0.4, -0.2) is 38.2 Å². The number of benzene rings is 1. The molecule has 138 valence electrons. The fourth-order valence-electron chi connectivity index (χ4n) is 3.35. The summed E-state index contributed by atoms with van der Waals surface area (Å²) < 4.78 is 7.85. The fraction of sp³-hybridized carbons (Fsp3) is 0.286. The van der Waals surface area contributed by atoms with Crippen molar-refractivity contribution in [1.29, 1.82) is 0 Å². The lowest BCUT2D eigenvalue weighted by atomic mass is 10.2. The molecule has 2 aromatic heterocycles. The van der Waals surface area contributed by atoms with Gasteiger partial charge in [0.1, 0.15) is 11.9 Å². The molecule has 0 fully saturated rings. The smallest absolute Gasteiger partial charge is 0.274 e. The molecule has 1 aromatic carbocycles. The van der Waals surface area contributed by atoms with Crippen LogP contribution in [-0.2, 0) is 19.5 Å². The van der Waals surface area contributed by atoms with E-state index >= 15 is 0 Å². The molecule has 1 aliphatic rings. The standard InChI is InChI=1S/C21H22N4O2/c1-2-24(14-16-6-4-3-5-7-16)21(26)20-13-17-12-19(15-25(17)23-20)27-18-8-10-22-11-9-18/h3-11,13,19H,2,12,14-15H2,1H3/t19-/m0/s1. The van der Waals surface area contributed by atoms with Crippen molar-refractivity contribution >= 4 is 5.91 Å². The number of fused-ring (bicyclic) bond motifs is 1. The highest BCUT2D eigenvalue weighted by atomic mass is 16.5. The number of aromatic nitrogens is 3. The van der Waals surface area contributed by atoms with Crippen LogP contribution in [0, 0.1) is 0 Å². The number of ether oxygens (including phenoxy) is 1. The van der Waals surface area contributed by atoms with Crippen molar-refractivity contribution in [3.05, 3.63) is 77.9 Å². The van der Waals surface area contributed by atoms with Crippen molar-refractivity contribution in [3.63, 3.8) is 0 Å². The van der Waals surface area contributed by atoms with E-state index in [4.69, 9.17) is 4.74 Å². The third kappa shape index (κ3) is 3.84. The fourth-order valence-corrected chi connectivity index (χ4v) is 3.35. The van der Waals surface area contributed by atoms with E-state index in [1.54, 1.807) is 12.4 Å². The zero-order chi connectivity index (χ0) is 18.6. The summed E-state index contributed by atoms with van der Waals surface area (Å²) in [4.78, 5) is 18.7. The van der Waals surface area contributed by atoms with Gasteiger partial charge in [-0.1, -0.05) is 30.3 Å². The Morgan fingerprint density at radius 2 is 2.00 bits per heavy atom. The van der Waals surface area contributed by atoms with Gasteiger partial charge in [0.25, 0.3) is 5.91 Å². The summed E-state index contributed by atoms with van der Waals surface area (Å²) in [6.45, 7) is 3.87. The number of amides is 1. The van der Waals surface area contributed by atoms with Gasteiger partial charge in [-0.25, -0.2) is 0 Å². The maximum atomic E-state index is 12.9. The Morgan fingerprint density at radius 1 is 1.22 bits per heavy atom. The number of hydrogen-bond donors (Lipinski definition) is 0. The van der Waals surface area contributed by atoms with Gasteiger partial charge in [-0.2, -0.15) is 5.10 Å². The molecule has 0 aliphatic carbocycles. The zero-order valence-electron chi connectivity index (χ0n) is 15.3. The van der Waals surface area contributed by atoms with Crippen LogP contribution >= 0.6 is 0 Å². The van der Waals surface area contributed by atoms with Crippen LogP contribution in [0.25, 0.3) is 0 Å². The van der Waals surface area contributed by atoms with E-state index in [1.165, 1.54) is 0 Å². The molecule has 0 saturated heterocycles. The van der Waals surface area contributed by atoms with Gasteiger partial charge in [0.05, 0.1) is 6.54 Å². The number of nitrogens with zero attached hydrogens (tertiary/aromatic N) is 4. The Kier molecular flexibility index (Phi) is 4.87. The zero-order valence-corrected chi connectivity index (χ0v) is 15.3. The van der Waals surface area contributed by atoms with Crippen molar-refractivity contribution in [2.75, 3.05) is 6.54 Å². The van der Waals surface area contributed by atoms with Gasteiger partial charge in [0.15, 0.2) is 5.69 Å². The third-order valence-electron chi connectivity index (χ3n) is 4.73. The first kappa shape index (κ1) is 17.3. The maximum absolute atomic E-state index is 12.9. The molecule has 4 rings (SSSR count). The van der Waals surface area contributed by atoms with E-state index in [0.29, 0.717) is 25.3 Å². The highest BCUT2D eigenvalue weighted by Gasteiger charge is 2.28. The molecule has 6 heteroatoms. The molecule has 3 aromatic rings. The molecule has 0 unspecified atom stereocenters. The Bertz CT molecular complexity index is 885. The van der Waals surface area contributed by atoms with Crippen LogP contribution in [0.5, 0.6) is 5.75 Å². The topological polar surface area (TPSA) is 60.2 Å². The van der Waals surface area contributed by atoms with Gasteiger partial charge >= 0.3 is 0 Å². The SMILES string of the molecule is CCN(Cc1ccccc1)C(=O)c1cc2n(n1)C[C@@H](Oc1ccncc1)C2. The second-order valence-corrected chi connectivity index (χ2v) is 6.63. The van der Waals surface area contributed by atoms with Gasteiger partial charge in [0, 0.05) is 37.6 Å². The summed E-state index contributed by atoms with van der Waals surface area (Å²) in [5, 5.41) is 4.53. The molecular formula is C21H22N4O2. The highest BCUT2D eigenvalue weighted by Crippen LogP contribution is 2.22. The van der Waals surface area contributed by atoms with Crippen molar-refractivity contribution < 1.29 is 9.53 Å². The molecule has 1 amide bonds. The quantitative estimate of drug-likeness (QED) is 0.676. The molecule has 3 heterocycles. The van der Waals surface area contributed by atoms with Crippen LogP contribution in [0.4, 0.5) is 0 Å². The van der Waals surface area contributed by atoms with Crippen LogP contribution in [0.2, 0.25) is 0 Å². The first-order valence-electron chi connectivity index (χ1n) is 9.19. The minimum Gasteiger partial charge on any atom is -0.488 e. The van der Waals surface area contributed by atoms with E-state index in [9.17, 15) is 4.79 Å². The van der Waals surface area contributed by atoms with E-state index in [-0.39, 0.29) is 12.0 Å². The summed E-state index contributed by atoms with van der Waals surface area (Å²) in [7, 11) is 0. The van der Waals surface area contributed by atoms with E-state index in [0.717, 1.165) is 23.4 Å². The van der Waals surface area contributed by atoms with Crippen molar-refractivity contribution in [2.24, 2.45) is 0 Å². The second-order valence-electron chi connectivity index (χ2n) is 6.63. The first-order chi connectivity index (χ1) is 13.2. The number of carbonyl (C=O) groups excluding carboxylic acids is 1. The highest BCUT2D eigenvalue weighted by molar-refractivity contribution is 5.92. The number of pyridine rings is 1. The van der Waals surface area contributed by atoms with Gasteiger partial charge in [-0.3, -0.25) is 14.5 Å². The van der Waals surface area contributed by atoms with Crippen LogP contribution in [0.15, 0.2) is 60.9 Å². The number of carbonyl (C=O) groups is 1. The minimum absolute atomic E-state index is 0.0325. The van der Waals surface area contributed by atoms with Crippen molar-refractivity contribution in [1.82, 2.24) is 19.7 Å². The molecule has 6 nitrogen and oxygen atoms in total. The monoisotopic (exact) mass is 362 g/mol. The van der Waals surface area contributed by atoms with Crippen molar-refractivity contribution in [3.8, 4) is 5.75 Å². The van der Waals surface area contributed by atoms with Gasteiger partial charge in [-0.15, -0.1) is 0 Å². The van der Waals surface area contributed by atoms with Crippen LogP contribution in [0.1, 0.15) is 28.7 Å². The van der Waals surface area contributed by atoms with E-state index in [1.807, 2.05) is 65.0 Å². The van der Waals surface area contributed by atoms with Gasteiger partial charge in [-0.05, 0) is 30.7 Å². The van der Waals surface area contributed by atoms with Crippen molar-refractivity contribution in [2.45, 2.75) is 32.5 Å². The average molecular weight is 362 g/mol. The largest absolute Gasteiger partial charge is 0.488 e. The molecule has 1 aliphatic heterocycles. The maximum Gasteiger partial charge on any atom is 0.274 e. The Hall–Kier alpha value is -3.15. The van der Waals surface area contributed by atoms with E-state index < -0.39 is 0 Å². The molecule has 0 N–H and O–H groups in total. The Balaban J connectivity index is 1.42. The van der Waals surface area contributed by atoms with Gasteiger partial charge in [0.2, 0.25) is 0 Å². The molecule has 0 radical (unpaired) electrons. The van der Waals surface area contributed by atoms with Gasteiger partial charge < -0.3 is 9.64 Å². The lowest BCUT2D eigenvalue weighted by Crippen LogP contribution is -2.31. The lowest BCUT2D eigenvalue weighted by Gasteiger charge is -2.20. The predicted octanol–water partition coefficient (Wildman–Crippen LogP) is 2.94. The summed E-state index contributed by atoms with van der Waals surface area (Å²) in [5.41, 5.74) is 2.66. The van der Waals surface area contributed by atoms with Crippen LogP contribution < -0.4 is 4.74 Å². The third-order valence-corrected chi connectivity index (χ3v) is 4.73. The normalized spacial score (nSPS) is 15.4. The molecular weight excluding hydrogens is 340 g/mol. The number of hydrogen-bond acceptors (Lipinski definition) is 4. The predicted molar refractivity (Wildman–Crippen MR) is 101 cm³/mol. The second kappa shape index (κ2) is 7.61. The first-order valence-corrected chi connectivity index (χ1v) is 9.19. The molecule has 0 bridgehead atoms. The average Bonchev–Trinajstić information content (AvgIpc) is 3.26. The van der Waals surface area contributed by atoms with Crippen LogP contribution in [0.3, 0.4) is 0 Å². The molecule has 0 saturated carbocycles. The molecule has 1 atom stereocenters. The summed E-state index contributed by atoms with van der Waals surface area (Å²) in [6, 6.07) is 15.6. The minimum atomic E-state index is -0.0325. The lowest BCUT2D eigenvalue weighted by molar-refractivity contribution is 0.0745. The molecule has 27 heavy (non-hydrogen) atoms. The Labute approximate surface area is 158 Å². The molecule has 0 spiro atoms. The summed E-state index contributed by atoms with van der Waals surface area (Å²) in [6.07, 6.45) is 4.20. The summed E-state index contributed by atoms with van der Waals surface area (Å²) >= 11 is 0.